The molecule has 1 aliphatic carbocycles. The minimum absolute atomic E-state index is 0.0486. The Bertz CT molecular complexity index is 557. The second-order valence-electron chi connectivity index (χ2n) is 5.49. The largest absolute Gasteiger partial charge is 0.340 e. The molecule has 1 fully saturated rings. The van der Waals surface area contributed by atoms with E-state index in [2.05, 4.69) is 12.2 Å². The van der Waals surface area contributed by atoms with Gasteiger partial charge in [-0.05, 0) is 36.6 Å². The van der Waals surface area contributed by atoms with E-state index in [9.17, 15) is 9.59 Å². The summed E-state index contributed by atoms with van der Waals surface area (Å²) in [7, 11) is 0. The van der Waals surface area contributed by atoms with Crippen LogP contribution >= 0.6 is 11.8 Å². The third kappa shape index (κ3) is 2.93. The fourth-order valence-electron chi connectivity index (χ4n) is 2.75. The summed E-state index contributed by atoms with van der Waals surface area (Å²) in [6.07, 6.45) is 2.06. The van der Waals surface area contributed by atoms with Gasteiger partial charge in [0.15, 0.2) is 0 Å². The molecule has 112 valence electrons. The Kier molecular flexibility index (Phi) is 4.19. The summed E-state index contributed by atoms with van der Waals surface area (Å²) in [5.41, 5.74) is 1.36. The van der Waals surface area contributed by atoms with Crippen molar-refractivity contribution in [3.63, 3.8) is 0 Å². The van der Waals surface area contributed by atoms with Gasteiger partial charge in [0.2, 0.25) is 5.91 Å². The summed E-state index contributed by atoms with van der Waals surface area (Å²) in [6.45, 7) is 2.77. The second kappa shape index (κ2) is 6.10. The molecule has 1 aliphatic heterocycles. The summed E-state index contributed by atoms with van der Waals surface area (Å²) in [5, 5.41) is 2.93. The van der Waals surface area contributed by atoms with Crippen LogP contribution in [0, 0.1) is 5.92 Å². The number of rotatable bonds is 5. The van der Waals surface area contributed by atoms with Gasteiger partial charge in [0, 0.05) is 12.3 Å². The molecule has 0 aromatic heterocycles. The van der Waals surface area contributed by atoms with E-state index in [1.54, 1.807) is 11.0 Å². The third-order valence-corrected chi connectivity index (χ3v) is 4.89. The predicted octanol–water partition coefficient (Wildman–Crippen LogP) is 2.29. The van der Waals surface area contributed by atoms with E-state index < -0.39 is 0 Å². The lowest BCUT2D eigenvalue weighted by Gasteiger charge is -2.25. The lowest BCUT2D eigenvalue weighted by molar-refractivity contribution is -0.120. The first-order chi connectivity index (χ1) is 10.2. The van der Waals surface area contributed by atoms with Crippen molar-refractivity contribution in [2.45, 2.75) is 25.8 Å². The average Bonchev–Trinajstić information content (AvgIpc) is 3.33. The van der Waals surface area contributed by atoms with Crippen molar-refractivity contribution < 1.29 is 9.59 Å². The lowest BCUT2D eigenvalue weighted by atomic mass is 10.1. The number of carbonyl (C=O) groups is 2. The molecule has 2 amide bonds. The number of thioether (sulfide) groups is 1. The zero-order valence-electron chi connectivity index (χ0n) is 12.2. The van der Waals surface area contributed by atoms with Crippen molar-refractivity contribution in [2.75, 3.05) is 23.0 Å². The number of fused-ring (bicyclic) bond motifs is 1. The number of para-hydroxylation sites is 1. The fourth-order valence-corrected chi connectivity index (χ4v) is 3.35. The highest BCUT2D eigenvalue weighted by Crippen LogP contribution is 2.36. The first-order valence-corrected chi connectivity index (χ1v) is 8.67. The summed E-state index contributed by atoms with van der Waals surface area (Å²) >= 11 is 1.81. The quantitative estimate of drug-likeness (QED) is 0.849. The van der Waals surface area contributed by atoms with Crippen molar-refractivity contribution in [3.8, 4) is 0 Å². The van der Waals surface area contributed by atoms with Crippen molar-refractivity contribution in [3.05, 3.63) is 29.8 Å². The lowest BCUT2D eigenvalue weighted by Crippen LogP contribution is -2.47. The average molecular weight is 304 g/mol. The molecular formula is C16H20N2O2S. The van der Waals surface area contributed by atoms with E-state index in [1.165, 1.54) is 0 Å². The van der Waals surface area contributed by atoms with E-state index in [1.807, 2.05) is 30.0 Å². The molecule has 1 aromatic carbocycles. The van der Waals surface area contributed by atoms with Crippen LogP contribution in [0.3, 0.4) is 0 Å². The molecule has 1 N–H and O–H groups in total. The summed E-state index contributed by atoms with van der Waals surface area (Å²) in [5.74, 6) is 2.17. The van der Waals surface area contributed by atoms with Crippen LogP contribution in [0.15, 0.2) is 24.3 Å². The Hall–Kier alpha value is -1.49. The summed E-state index contributed by atoms with van der Waals surface area (Å²) < 4.78 is 0. The molecule has 1 aromatic rings. The van der Waals surface area contributed by atoms with Gasteiger partial charge in [0.25, 0.3) is 5.91 Å². The van der Waals surface area contributed by atoms with Gasteiger partial charge in [-0.2, -0.15) is 11.8 Å². The first kappa shape index (κ1) is 14.4. The fraction of sp³-hybridized carbons (Fsp3) is 0.500. The summed E-state index contributed by atoms with van der Waals surface area (Å²) in [6, 6.07) is 7.05. The zero-order chi connectivity index (χ0) is 14.8. The van der Waals surface area contributed by atoms with Gasteiger partial charge in [-0.25, -0.2) is 0 Å². The maximum atomic E-state index is 12.8. The van der Waals surface area contributed by atoms with Crippen LogP contribution in [0.4, 0.5) is 5.69 Å². The van der Waals surface area contributed by atoms with Crippen LogP contribution in [0.5, 0.6) is 0 Å². The topological polar surface area (TPSA) is 49.4 Å². The van der Waals surface area contributed by atoms with Crippen LogP contribution in [0.25, 0.3) is 0 Å². The highest BCUT2D eigenvalue weighted by atomic mass is 32.2. The van der Waals surface area contributed by atoms with Crippen molar-refractivity contribution >= 4 is 29.3 Å². The van der Waals surface area contributed by atoms with Gasteiger partial charge in [-0.1, -0.05) is 19.1 Å². The van der Waals surface area contributed by atoms with E-state index >= 15 is 0 Å². The van der Waals surface area contributed by atoms with Gasteiger partial charge in [0.05, 0.1) is 11.3 Å². The molecule has 0 radical (unpaired) electrons. The molecular weight excluding hydrogens is 284 g/mol. The van der Waals surface area contributed by atoms with Crippen molar-refractivity contribution in [2.24, 2.45) is 5.92 Å². The molecule has 2 aliphatic rings. The summed E-state index contributed by atoms with van der Waals surface area (Å²) in [4.78, 5) is 27.0. The smallest absolute Gasteiger partial charge is 0.254 e. The van der Waals surface area contributed by atoms with Gasteiger partial charge >= 0.3 is 0 Å². The minimum atomic E-state index is -0.350. The van der Waals surface area contributed by atoms with E-state index in [4.69, 9.17) is 0 Å². The van der Waals surface area contributed by atoms with Crippen LogP contribution < -0.4 is 10.2 Å². The molecule has 3 rings (SSSR count). The molecule has 0 bridgehead atoms. The van der Waals surface area contributed by atoms with Crippen molar-refractivity contribution in [1.82, 2.24) is 5.32 Å². The molecule has 21 heavy (non-hydrogen) atoms. The van der Waals surface area contributed by atoms with E-state index in [0.29, 0.717) is 18.0 Å². The van der Waals surface area contributed by atoms with Crippen LogP contribution in [-0.4, -0.2) is 35.9 Å². The highest BCUT2D eigenvalue weighted by Gasteiger charge is 2.42. The molecule has 1 heterocycles. The molecule has 4 nitrogen and oxygen atoms in total. The SMILES string of the molecule is CCSCCN1C(=O)C(C2CC2)NC(=O)c2ccccc21. The number of benzene rings is 1. The maximum absolute atomic E-state index is 12.8. The third-order valence-electron chi connectivity index (χ3n) is 4.01. The second-order valence-corrected chi connectivity index (χ2v) is 6.89. The molecule has 1 atom stereocenters. The Balaban J connectivity index is 1.93. The van der Waals surface area contributed by atoms with Gasteiger partial charge in [-0.3, -0.25) is 9.59 Å². The standard InChI is InChI=1S/C16H20N2O2S/c1-2-21-10-9-18-13-6-4-3-5-12(13)15(19)17-14(16(18)20)11-7-8-11/h3-6,11,14H,2,7-10H2,1H3,(H,17,19). The Morgan fingerprint density at radius 1 is 1.29 bits per heavy atom. The molecule has 0 saturated heterocycles. The Labute approximate surface area is 129 Å². The van der Waals surface area contributed by atoms with Gasteiger partial charge < -0.3 is 10.2 Å². The van der Waals surface area contributed by atoms with Gasteiger partial charge in [-0.15, -0.1) is 0 Å². The van der Waals surface area contributed by atoms with Gasteiger partial charge in [0.1, 0.15) is 6.04 Å². The zero-order valence-corrected chi connectivity index (χ0v) is 13.0. The maximum Gasteiger partial charge on any atom is 0.254 e. The monoisotopic (exact) mass is 304 g/mol. The highest BCUT2D eigenvalue weighted by molar-refractivity contribution is 7.99. The van der Waals surface area contributed by atoms with Crippen molar-refractivity contribution in [1.29, 1.82) is 0 Å². The van der Waals surface area contributed by atoms with Crippen LogP contribution in [0.1, 0.15) is 30.1 Å². The number of anilines is 1. The van der Waals surface area contributed by atoms with E-state index in [-0.39, 0.29) is 17.9 Å². The molecule has 1 saturated carbocycles. The normalized spacial score (nSPS) is 21.8. The Morgan fingerprint density at radius 3 is 2.76 bits per heavy atom. The van der Waals surface area contributed by atoms with E-state index in [0.717, 1.165) is 30.0 Å². The molecule has 1 unspecified atom stereocenters. The number of hydrogen-bond acceptors (Lipinski definition) is 3. The first-order valence-electron chi connectivity index (χ1n) is 7.51. The number of carbonyl (C=O) groups excluding carboxylic acids is 2. The number of nitrogens with one attached hydrogen (secondary N) is 1. The van der Waals surface area contributed by atoms with Crippen LogP contribution in [0.2, 0.25) is 0 Å². The number of hydrogen-bond donors (Lipinski definition) is 1. The number of nitrogens with zero attached hydrogens (tertiary/aromatic N) is 1. The molecule has 5 heteroatoms. The predicted molar refractivity (Wildman–Crippen MR) is 85.8 cm³/mol. The molecule has 0 spiro atoms. The van der Waals surface area contributed by atoms with Crippen LogP contribution in [-0.2, 0) is 4.79 Å². The Morgan fingerprint density at radius 2 is 2.05 bits per heavy atom. The minimum Gasteiger partial charge on any atom is -0.340 e. The number of amides is 2.